The van der Waals surface area contributed by atoms with Gasteiger partial charge in [-0.15, -0.1) is 0 Å². The molecule has 3 nitrogen and oxygen atoms in total. The van der Waals surface area contributed by atoms with Gasteiger partial charge in [0.25, 0.3) is 5.56 Å². The number of aromatic nitrogens is 2. The first-order chi connectivity index (χ1) is 11.1. The molecular formula is C19H17FN2O. The number of rotatable bonds is 2. The highest BCUT2D eigenvalue weighted by atomic mass is 19.1. The Morgan fingerprint density at radius 1 is 0.957 bits per heavy atom. The zero-order chi connectivity index (χ0) is 16.0. The van der Waals surface area contributed by atoms with Crippen LogP contribution < -0.4 is 5.56 Å². The lowest BCUT2D eigenvalue weighted by molar-refractivity contribution is 0.599. The van der Waals surface area contributed by atoms with Crippen LogP contribution in [0.25, 0.3) is 22.4 Å². The van der Waals surface area contributed by atoms with Crippen molar-refractivity contribution < 1.29 is 4.39 Å². The highest BCUT2D eigenvalue weighted by molar-refractivity contribution is 5.81. The number of hydrogen-bond donors (Lipinski definition) is 0. The van der Waals surface area contributed by atoms with Crippen LogP contribution in [0, 0.1) is 12.7 Å². The summed E-state index contributed by atoms with van der Waals surface area (Å²) < 4.78 is 17.1. The molecule has 0 atom stereocenters. The molecule has 1 aliphatic heterocycles. The molecule has 0 unspecified atom stereocenters. The molecule has 0 spiro atoms. The minimum Gasteiger partial charge on any atom is -0.281 e. The third-order valence-electron chi connectivity index (χ3n) is 4.40. The first kappa shape index (κ1) is 14.0. The fraction of sp³-hybridized carbons (Fsp3) is 0.211. The third-order valence-corrected chi connectivity index (χ3v) is 4.40. The molecule has 0 saturated heterocycles. The van der Waals surface area contributed by atoms with Crippen LogP contribution in [-0.2, 0) is 13.1 Å². The molecule has 2 heterocycles. The van der Waals surface area contributed by atoms with Gasteiger partial charge >= 0.3 is 0 Å². The van der Waals surface area contributed by atoms with E-state index < -0.39 is 0 Å². The van der Waals surface area contributed by atoms with Crippen LogP contribution in [0.4, 0.5) is 4.39 Å². The summed E-state index contributed by atoms with van der Waals surface area (Å²) in [5.41, 5.74) is 4.55. The summed E-state index contributed by atoms with van der Waals surface area (Å²) in [4.78, 5) is 12.9. The minimum atomic E-state index is -0.294. The second-order valence-electron chi connectivity index (χ2n) is 6.00. The zero-order valence-corrected chi connectivity index (χ0v) is 12.9. The van der Waals surface area contributed by atoms with E-state index in [0.29, 0.717) is 5.56 Å². The Bertz CT molecular complexity index is 935. The average Bonchev–Trinajstić information content (AvgIpc) is 3.11. The Morgan fingerprint density at radius 2 is 1.70 bits per heavy atom. The normalized spacial score (nSPS) is 13.3. The van der Waals surface area contributed by atoms with Gasteiger partial charge in [-0.2, -0.15) is 0 Å². The van der Waals surface area contributed by atoms with Crippen LogP contribution in [0.1, 0.15) is 12.0 Å². The van der Waals surface area contributed by atoms with E-state index in [2.05, 4.69) is 10.7 Å². The smallest absolute Gasteiger partial charge is 0.275 e. The van der Waals surface area contributed by atoms with Gasteiger partial charge in [-0.3, -0.25) is 9.48 Å². The number of halogens is 1. The largest absolute Gasteiger partial charge is 0.281 e. The summed E-state index contributed by atoms with van der Waals surface area (Å²) in [6.45, 7) is 3.61. The van der Waals surface area contributed by atoms with Crippen LogP contribution in [0.15, 0.2) is 53.3 Å². The molecule has 1 aliphatic rings. The molecule has 0 bridgehead atoms. The van der Waals surface area contributed by atoms with Gasteiger partial charge < -0.3 is 0 Å². The van der Waals surface area contributed by atoms with Crippen LogP contribution in [0.3, 0.4) is 0 Å². The van der Waals surface area contributed by atoms with E-state index in [4.69, 9.17) is 0 Å². The maximum Gasteiger partial charge on any atom is 0.275 e. The summed E-state index contributed by atoms with van der Waals surface area (Å²) in [6, 6.07) is 14.3. The van der Waals surface area contributed by atoms with E-state index >= 15 is 0 Å². The van der Waals surface area contributed by atoms with E-state index in [1.807, 2.05) is 25.1 Å². The van der Waals surface area contributed by atoms with Crippen LogP contribution in [0.5, 0.6) is 0 Å². The summed E-state index contributed by atoms with van der Waals surface area (Å²) >= 11 is 0. The highest BCUT2D eigenvalue weighted by Gasteiger charge is 2.25. The fourth-order valence-corrected chi connectivity index (χ4v) is 3.38. The predicted octanol–water partition coefficient (Wildman–Crippen LogP) is 3.84. The van der Waals surface area contributed by atoms with Gasteiger partial charge in [0, 0.05) is 18.7 Å². The molecule has 0 fully saturated rings. The van der Waals surface area contributed by atoms with Crippen LogP contribution in [-0.4, -0.2) is 9.36 Å². The zero-order valence-electron chi connectivity index (χ0n) is 12.9. The Kier molecular flexibility index (Phi) is 3.18. The second-order valence-corrected chi connectivity index (χ2v) is 6.00. The first-order valence-electron chi connectivity index (χ1n) is 7.82. The Morgan fingerprint density at radius 3 is 2.43 bits per heavy atom. The Hall–Kier alpha value is -2.62. The molecule has 0 amide bonds. The van der Waals surface area contributed by atoms with Crippen molar-refractivity contribution in [3.05, 3.63) is 70.3 Å². The Balaban J connectivity index is 2.03. The lowest BCUT2D eigenvalue weighted by Crippen LogP contribution is -2.17. The van der Waals surface area contributed by atoms with Crippen molar-refractivity contribution in [3.63, 3.8) is 0 Å². The van der Waals surface area contributed by atoms with E-state index in [9.17, 15) is 9.18 Å². The second kappa shape index (κ2) is 5.23. The van der Waals surface area contributed by atoms with Crippen molar-refractivity contribution in [3.8, 4) is 22.4 Å². The molecule has 2 aromatic carbocycles. The number of fused-ring (bicyclic) bond motifs is 1. The molecule has 0 radical (unpaired) electrons. The number of benzene rings is 2. The lowest BCUT2D eigenvalue weighted by Gasteiger charge is -2.09. The molecule has 0 N–H and O–H groups in total. The van der Waals surface area contributed by atoms with Crippen molar-refractivity contribution in [2.24, 2.45) is 0 Å². The van der Waals surface area contributed by atoms with E-state index in [1.54, 1.807) is 16.8 Å². The van der Waals surface area contributed by atoms with Crippen molar-refractivity contribution in [2.45, 2.75) is 26.4 Å². The SMILES string of the molecule is Cc1cccc(-c2c(-c3ccc(F)cc3)c(=O)n3n2CCC3)c1. The van der Waals surface area contributed by atoms with Gasteiger partial charge in [0.1, 0.15) is 5.82 Å². The molecular weight excluding hydrogens is 291 g/mol. The highest BCUT2D eigenvalue weighted by Crippen LogP contribution is 2.32. The number of aryl methyl sites for hydroxylation is 1. The van der Waals surface area contributed by atoms with Gasteiger partial charge in [-0.25, -0.2) is 9.07 Å². The summed E-state index contributed by atoms with van der Waals surface area (Å²) in [7, 11) is 0. The van der Waals surface area contributed by atoms with Crippen LogP contribution in [0.2, 0.25) is 0 Å². The van der Waals surface area contributed by atoms with Gasteiger partial charge in [0.15, 0.2) is 0 Å². The van der Waals surface area contributed by atoms with Gasteiger partial charge in [-0.1, -0.05) is 35.9 Å². The molecule has 0 aliphatic carbocycles. The topological polar surface area (TPSA) is 26.9 Å². The van der Waals surface area contributed by atoms with Crippen molar-refractivity contribution in [1.29, 1.82) is 0 Å². The maximum atomic E-state index is 13.3. The molecule has 0 saturated carbocycles. The van der Waals surface area contributed by atoms with E-state index in [-0.39, 0.29) is 11.4 Å². The molecule has 116 valence electrons. The summed E-state index contributed by atoms with van der Waals surface area (Å²) in [5.74, 6) is -0.294. The predicted molar refractivity (Wildman–Crippen MR) is 88.9 cm³/mol. The van der Waals surface area contributed by atoms with Gasteiger partial charge in [0.2, 0.25) is 0 Å². The first-order valence-corrected chi connectivity index (χ1v) is 7.82. The van der Waals surface area contributed by atoms with Crippen molar-refractivity contribution in [2.75, 3.05) is 0 Å². The number of hydrogen-bond acceptors (Lipinski definition) is 1. The lowest BCUT2D eigenvalue weighted by atomic mass is 10.00. The van der Waals surface area contributed by atoms with E-state index in [1.165, 1.54) is 12.1 Å². The maximum absolute atomic E-state index is 13.3. The minimum absolute atomic E-state index is 0.00520. The summed E-state index contributed by atoms with van der Waals surface area (Å²) in [5, 5.41) is 0. The molecule has 4 rings (SSSR count). The monoisotopic (exact) mass is 308 g/mol. The van der Waals surface area contributed by atoms with Crippen LogP contribution >= 0.6 is 0 Å². The third kappa shape index (κ3) is 2.22. The summed E-state index contributed by atoms with van der Waals surface area (Å²) in [6.07, 6.45) is 0.970. The van der Waals surface area contributed by atoms with Gasteiger partial charge in [0.05, 0.1) is 11.3 Å². The van der Waals surface area contributed by atoms with Crippen molar-refractivity contribution >= 4 is 0 Å². The van der Waals surface area contributed by atoms with Gasteiger partial charge in [-0.05, 0) is 37.1 Å². The fourth-order valence-electron chi connectivity index (χ4n) is 3.38. The quantitative estimate of drug-likeness (QED) is 0.707. The average molecular weight is 308 g/mol. The Labute approximate surface area is 133 Å². The molecule has 23 heavy (non-hydrogen) atoms. The molecule has 1 aromatic heterocycles. The molecule has 3 aromatic rings. The molecule has 4 heteroatoms. The number of nitrogens with zero attached hydrogens (tertiary/aromatic N) is 2. The standard InChI is InChI=1S/C19H17FN2O/c1-13-4-2-5-15(12-13)18-17(14-6-8-16(20)9-7-14)19(23)22-11-3-10-21(18)22/h2,4-9,12H,3,10-11H2,1H3. The van der Waals surface area contributed by atoms with E-state index in [0.717, 1.165) is 41.9 Å². The van der Waals surface area contributed by atoms with Crippen molar-refractivity contribution in [1.82, 2.24) is 9.36 Å².